The molecule has 1 aromatic heterocycles. The Morgan fingerprint density at radius 1 is 1.44 bits per heavy atom. The lowest BCUT2D eigenvalue weighted by atomic mass is 9.97. The number of anilines is 2. The van der Waals surface area contributed by atoms with E-state index in [2.05, 4.69) is 20.6 Å². The summed E-state index contributed by atoms with van der Waals surface area (Å²) in [5.41, 5.74) is -0.816. The van der Waals surface area contributed by atoms with E-state index in [0.717, 1.165) is 12.4 Å². The van der Waals surface area contributed by atoms with Crippen LogP contribution in [0.1, 0.15) is 20.3 Å². The van der Waals surface area contributed by atoms with Crippen molar-refractivity contribution in [2.24, 2.45) is 0 Å². The zero-order valence-corrected chi connectivity index (χ0v) is 10.8. The molecule has 0 radical (unpaired) electrons. The van der Waals surface area contributed by atoms with Crippen molar-refractivity contribution >= 4 is 11.6 Å². The first-order valence-corrected chi connectivity index (χ1v) is 6.28. The Morgan fingerprint density at radius 3 is 2.78 bits per heavy atom. The van der Waals surface area contributed by atoms with E-state index in [1.807, 2.05) is 19.9 Å². The van der Waals surface area contributed by atoms with Crippen molar-refractivity contribution in [2.75, 3.05) is 30.3 Å². The van der Waals surface area contributed by atoms with E-state index in [0.29, 0.717) is 25.4 Å². The molecule has 0 bridgehead atoms. The Kier molecular flexibility index (Phi) is 3.98. The minimum atomic E-state index is -0.816. The van der Waals surface area contributed by atoms with Crippen LogP contribution in [-0.2, 0) is 4.74 Å². The summed E-state index contributed by atoms with van der Waals surface area (Å²) in [5.74, 6) is 1.48. The maximum absolute atomic E-state index is 10.3. The first-order valence-electron chi connectivity index (χ1n) is 6.28. The molecular weight excluding hydrogens is 232 g/mol. The molecule has 2 rings (SSSR count). The standard InChI is InChI=1S/C12H20N4O2/c1-3-13-10-6-11(16-8-15-10)14-7-12(17)4-5-18-9(12)2/h6,8-9,17H,3-5,7H2,1-2H3,(H2,13,14,15,16). The summed E-state index contributed by atoms with van der Waals surface area (Å²) >= 11 is 0. The Hall–Kier alpha value is -1.40. The third-order valence-corrected chi connectivity index (χ3v) is 3.26. The SMILES string of the molecule is CCNc1cc(NCC2(O)CCOC2C)ncn1. The molecule has 1 saturated heterocycles. The summed E-state index contributed by atoms with van der Waals surface area (Å²) in [6.45, 7) is 5.74. The second kappa shape index (κ2) is 5.49. The second-order valence-corrected chi connectivity index (χ2v) is 4.54. The molecule has 2 unspecified atom stereocenters. The van der Waals surface area contributed by atoms with Crippen molar-refractivity contribution in [1.29, 1.82) is 0 Å². The average Bonchev–Trinajstić information content (AvgIpc) is 2.69. The van der Waals surface area contributed by atoms with Gasteiger partial charge in [-0.25, -0.2) is 9.97 Å². The predicted molar refractivity (Wildman–Crippen MR) is 69.7 cm³/mol. The Balaban J connectivity index is 1.95. The highest BCUT2D eigenvalue weighted by atomic mass is 16.5. The van der Waals surface area contributed by atoms with Crippen LogP contribution in [0.2, 0.25) is 0 Å². The monoisotopic (exact) mass is 252 g/mol. The number of hydrogen-bond donors (Lipinski definition) is 3. The van der Waals surface area contributed by atoms with Crippen molar-refractivity contribution < 1.29 is 9.84 Å². The minimum absolute atomic E-state index is 0.153. The third-order valence-electron chi connectivity index (χ3n) is 3.26. The molecule has 3 N–H and O–H groups in total. The van der Waals surface area contributed by atoms with Crippen LogP contribution in [0.25, 0.3) is 0 Å². The molecule has 18 heavy (non-hydrogen) atoms. The Morgan fingerprint density at radius 2 is 2.17 bits per heavy atom. The third kappa shape index (κ3) is 2.88. The van der Waals surface area contributed by atoms with Gasteiger partial charge in [-0.15, -0.1) is 0 Å². The van der Waals surface area contributed by atoms with Crippen LogP contribution in [0.5, 0.6) is 0 Å². The van der Waals surface area contributed by atoms with Gasteiger partial charge < -0.3 is 20.5 Å². The van der Waals surface area contributed by atoms with Crippen molar-refractivity contribution in [2.45, 2.75) is 32.0 Å². The van der Waals surface area contributed by atoms with Gasteiger partial charge in [0.25, 0.3) is 0 Å². The average molecular weight is 252 g/mol. The molecular formula is C12H20N4O2. The van der Waals surface area contributed by atoms with Gasteiger partial charge in [-0.05, 0) is 13.8 Å². The Bertz CT molecular complexity index is 401. The largest absolute Gasteiger partial charge is 0.385 e. The maximum atomic E-state index is 10.3. The molecule has 2 heterocycles. The van der Waals surface area contributed by atoms with Crippen LogP contribution in [-0.4, -0.2) is 46.5 Å². The highest BCUT2D eigenvalue weighted by Gasteiger charge is 2.39. The summed E-state index contributed by atoms with van der Waals surface area (Å²) in [7, 11) is 0. The van der Waals surface area contributed by atoms with Crippen LogP contribution in [0.15, 0.2) is 12.4 Å². The summed E-state index contributed by atoms with van der Waals surface area (Å²) in [6, 6.07) is 1.83. The lowest BCUT2D eigenvalue weighted by Gasteiger charge is -2.26. The van der Waals surface area contributed by atoms with E-state index in [4.69, 9.17) is 4.74 Å². The van der Waals surface area contributed by atoms with E-state index >= 15 is 0 Å². The normalized spacial score (nSPS) is 27.2. The predicted octanol–water partition coefficient (Wildman–Crippen LogP) is 0.860. The van der Waals surface area contributed by atoms with Crippen molar-refractivity contribution in [3.8, 4) is 0 Å². The van der Waals surface area contributed by atoms with Gasteiger partial charge in [0.05, 0.1) is 6.10 Å². The minimum Gasteiger partial charge on any atom is -0.385 e. The zero-order valence-electron chi connectivity index (χ0n) is 10.8. The molecule has 100 valence electrons. The molecule has 6 nitrogen and oxygen atoms in total. The second-order valence-electron chi connectivity index (χ2n) is 4.54. The molecule has 0 amide bonds. The first kappa shape index (κ1) is 13.0. The molecule has 0 spiro atoms. The summed E-state index contributed by atoms with van der Waals surface area (Å²) in [5, 5.41) is 16.6. The van der Waals surface area contributed by atoms with Crippen molar-refractivity contribution in [3.05, 3.63) is 12.4 Å². The van der Waals surface area contributed by atoms with Gasteiger partial charge in [-0.3, -0.25) is 0 Å². The summed E-state index contributed by atoms with van der Waals surface area (Å²) in [6.07, 6.45) is 1.99. The molecule has 2 atom stereocenters. The quantitative estimate of drug-likeness (QED) is 0.721. The highest BCUT2D eigenvalue weighted by molar-refractivity contribution is 5.46. The molecule has 6 heteroatoms. The van der Waals surface area contributed by atoms with Gasteiger partial charge in [0.15, 0.2) is 0 Å². The molecule has 1 fully saturated rings. The van der Waals surface area contributed by atoms with Crippen LogP contribution >= 0.6 is 0 Å². The maximum Gasteiger partial charge on any atom is 0.131 e. The molecule has 0 aromatic carbocycles. The number of hydrogen-bond acceptors (Lipinski definition) is 6. The van der Waals surface area contributed by atoms with E-state index in [1.165, 1.54) is 6.33 Å². The summed E-state index contributed by atoms with van der Waals surface area (Å²) < 4.78 is 5.38. The smallest absolute Gasteiger partial charge is 0.131 e. The van der Waals surface area contributed by atoms with Gasteiger partial charge >= 0.3 is 0 Å². The fourth-order valence-electron chi connectivity index (χ4n) is 1.98. The fraction of sp³-hybridized carbons (Fsp3) is 0.667. The zero-order chi connectivity index (χ0) is 13.0. The number of rotatable bonds is 5. The van der Waals surface area contributed by atoms with Crippen LogP contribution in [0.4, 0.5) is 11.6 Å². The van der Waals surface area contributed by atoms with Crippen LogP contribution in [0.3, 0.4) is 0 Å². The van der Waals surface area contributed by atoms with Gasteiger partial charge in [-0.2, -0.15) is 0 Å². The molecule has 0 aliphatic carbocycles. The van der Waals surface area contributed by atoms with Crippen molar-refractivity contribution in [3.63, 3.8) is 0 Å². The van der Waals surface area contributed by atoms with Gasteiger partial charge in [0.1, 0.15) is 23.6 Å². The van der Waals surface area contributed by atoms with E-state index in [1.54, 1.807) is 0 Å². The molecule has 1 aromatic rings. The number of nitrogens with one attached hydrogen (secondary N) is 2. The fourth-order valence-corrected chi connectivity index (χ4v) is 1.98. The highest BCUT2D eigenvalue weighted by Crippen LogP contribution is 2.25. The lowest BCUT2D eigenvalue weighted by Crippen LogP contribution is -2.43. The van der Waals surface area contributed by atoms with E-state index in [-0.39, 0.29) is 6.10 Å². The molecule has 1 aliphatic rings. The van der Waals surface area contributed by atoms with Crippen molar-refractivity contribution in [1.82, 2.24) is 9.97 Å². The van der Waals surface area contributed by atoms with E-state index < -0.39 is 5.60 Å². The molecule has 0 saturated carbocycles. The number of aromatic nitrogens is 2. The van der Waals surface area contributed by atoms with Gasteiger partial charge in [-0.1, -0.05) is 0 Å². The van der Waals surface area contributed by atoms with E-state index in [9.17, 15) is 5.11 Å². The Labute approximate surface area is 107 Å². The molecule has 1 aliphatic heterocycles. The van der Waals surface area contributed by atoms with Gasteiger partial charge in [0.2, 0.25) is 0 Å². The lowest BCUT2D eigenvalue weighted by molar-refractivity contribution is -0.0176. The van der Waals surface area contributed by atoms with Crippen LogP contribution in [0, 0.1) is 0 Å². The number of nitrogens with zero attached hydrogens (tertiary/aromatic N) is 2. The number of ether oxygens (including phenoxy) is 1. The van der Waals surface area contributed by atoms with Crippen LogP contribution < -0.4 is 10.6 Å². The topological polar surface area (TPSA) is 79.3 Å². The summed E-state index contributed by atoms with van der Waals surface area (Å²) in [4.78, 5) is 8.22. The first-order chi connectivity index (χ1) is 8.64. The van der Waals surface area contributed by atoms with Gasteiger partial charge in [0, 0.05) is 32.2 Å². The number of aliphatic hydroxyl groups is 1.